The third-order valence-corrected chi connectivity index (χ3v) is 4.84. The van der Waals surface area contributed by atoms with Crippen LogP contribution in [0.1, 0.15) is 52.9 Å². The van der Waals surface area contributed by atoms with E-state index in [1.54, 1.807) is 7.11 Å². The Kier molecular flexibility index (Phi) is 9.97. The smallest absolute Gasteiger partial charge is 0.133 e. The Balaban J connectivity index is 2.53. The van der Waals surface area contributed by atoms with Gasteiger partial charge in [0.25, 0.3) is 0 Å². The van der Waals surface area contributed by atoms with Gasteiger partial charge >= 0.3 is 0 Å². The third kappa shape index (κ3) is 6.52. The number of likely N-dealkylation sites (N-methyl/N-ethyl adjacent to an activating group) is 1. The van der Waals surface area contributed by atoms with Gasteiger partial charge in [0.05, 0.1) is 26.3 Å². The third-order valence-electron chi connectivity index (χ3n) is 4.84. The van der Waals surface area contributed by atoms with Gasteiger partial charge in [0.2, 0.25) is 0 Å². The molecule has 0 amide bonds. The largest absolute Gasteiger partial charge is 0.494 e. The van der Waals surface area contributed by atoms with Gasteiger partial charge in [0.1, 0.15) is 18.0 Å². The quantitative estimate of drug-likeness (QED) is 0.374. The molecule has 0 bridgehead atoms. The Morgan fingerprint density at radius 2 is 1.48 bits per heavy atom. The zero-order valence-electron chi connectivity index (χ0n) is 15.6. The number of hydrogen-bond acceptors (Lipinski definition) is 2. The van der Waals surface area contributed by atoms with Gasteiger partial charge < -0.3 is 9.47 Å². The number of rotatable bonds is 13. The van der Waals surface area contributed by atoms with Crippen molar-refractivity contribution in [3.05, 3.63) is 24.3 Å². The number of nitrogens with zero attached hydrogens (tertiary/aromatic N) is 1. The fourth-order valence-electron chi connectivity index (χ4n) is 3.05. The fraction of sp³-hybridized carbons (Fsp3) is 0.700. The molecular weight excluding hydrogens is 286 g/mol. The number of unbranched alkanes of at least 4 members (excludes halogenated alkanes) is 4. The highest BCUT2D eigenvalue weighted by molar-refractivity contribution is 5.46. The first-order valence-electron chi connectivity index (χ1n) is 9.30. The van der Waals surface area contributed by atoms with E-state index in [1.165, 1.54) is 31.4 Å². The van der Waals surface area contributed by atoms with Gasteiger partial charge in [-0.25, -0.2) is 0 Å². The van der Waals surface area contributed by atoms with Crippen molar-refractivity contribution in [2.24, 2.45) is 0 Å². The first kappa shape index (κ1) is 20.0. The van der Waals surface area contributed by atoms with Crippen LogP contribution in [-0.2, 0) is 4.74 Å². The van der Waals surface area contributed by atoms with Crippen molar-refractivity contribution in [2.45, 2.75) is 52.9 Å². The van der Waals surface area contributed by atoms with Crippen molar-refractivity contribution in [1.82, 2.24) is 4.48 Å². The SMILES string of the molecule is CCCCCCCOc1ccc([N+](CC)(CC)CCOC)cc1. The standard InChI is InChI=1S/C20H36NO2/c1-5-8-9-10-11-17-23-20-14-12-19(13-15-20)21(6-2,7-3)16-18-22-4/h12-15H,5-11,16-18H2,1-4H3/q+1. The summed E-state index contributed by atoms with van der Waals surface area (Å²) in [5.41, 5.74) is 1.35. The maximum Gasteiger partial charge on any atom is 0.133 e. The maximum absolute atomic E-state index is 5.87. The monoisotopic (exact) mass is 322 g/mol. The average Bonchev–Trinajstić information content (AvgIpc) is 2.60. The predicted molar refractivity (Wildman–Crippen MR) is 100 cm³/mol. The zero-order valence-corrected chi connectivity index (χ0v) is 15.6. The Morgan fingerprint density at radius 1 is 0.826 bits per heavy atom. The van der Waals surface area contributed by atoms with E-state index in [1.807, 2.05) is 0 Å². The van der Waals surface area contributed by atoms with Crippen molar-refractivity contribution < 1.29 is 9.47 Å². The van der Waals surface area contributed by atoms with Gasteiger partial charge in [-0.1, -0.05) is 32.6 Å². The Morgan fingerprint density at radius 3 is 2.04 bits per heavy atom. The molecule has 0 atom stereocenters. The lowest BCUT2D eigenvalue weighted by molar-refractivity contribution is 0.155. The van der Waals surface area contributed by atoms with E-state index in [9.17, 15) is 0 Å². The van der Waals surface area contributed by atoms with Gasteiger partial charge in [-0.15, -0.1) is 0 Å². The first-order valence-corrected chi connectivity index (χ1v) is 9.30. The molecular formula is C20H36NO2+. The normalized spacial score (nSPS) is 11.7. The molecule has 0 saturated heterocycles. The molecule has 0 aliphatic rings. The molecule has 1 rings (SSSR count). The highest BCUT2D eigenvalue weighted by Crippen LogP contribution is 2.25. The van der Waals surface area contributed by atoms with Crippen LogP contribution in [0.2, 0.25) is 0 Å². The Bertz CT molecular complexity index is 399. The van der Waals surface area contributed by atoms with Crippen LogP contribution in [0.3, 0.4) is 0 Å². The second-order valence-electron chi connectivity index (χ2n) is 6.25. The molecule has 0 aromatic heterocycles. The second-order valence-corrected chi connectivity index (χ2v) is 6.25. The number of hydrogen-bond donors (Lipinski definition) is 0. The molecule has 132 valence electrons. The van der Waals surface area contributed by atoms with E-state index in [-0.39, 0.29) is 0 Å². The van der Waals surface area contributed by atoms with E-state index in [4.69, 9.17) is 9.47 Å². The van der Waals surface area contributed by atoms with Gasteiger partial charge in [0, 0.05) is 19.2 Å². The minimum atomic E-state index is 0.789. The van der Waals surface area contributed by atoms with Gasteiger partial charge in [-0.05, 0) is 32.4 Å². The molecule has 0 saturated carbocycles. The van der Waals surface area contributed by atoms with Gasteiger partial charge in [-0.3, -0.25) is 4.48 Å². The van der Waals surface area contributed by atoms with E-state index >= 15 is 0 Å². The summed E-state index contributed by atoms with van der Waals surface area (Å²) in [5.74, 6) is 0.987. The van der Waals surface area contributed by atoms with Crippen LogP contribution in [0.25, 0.3) is 0 Å². The molecule has 23 heavy (non-hydrogen) atoms. The van der Waals surface area contributed by atoms with Crippen LogP contribution in [-0.4, -0.2) is 40.0 Å². The first-order chi connectivity index (χ1) is 11.2. The van der Waals surface area contributed by atoms with Crippen LogP contribution >= 0.6 is 0 Å². The van der Waals surface area contributed by atoms with Gasteiger partial charge in [0.15, 0.2) is 0 Å². The molecule has 0 unspecified atom stereocenters. The van der Waals surface area contributed by atoms with Crippen LogP contribution in [0.5, 0.6) is 5.75 Å². The average molecular weight is 323 g/mol. The molecule has 0 radical (unpaired) electrons. The number of benzene rings is 1. The maximum atomic E-state index is 5.87. The van der Waals surface area contributed by atoms with E-state index < -0.39 is 0 Å². The minimum absolute atomic E-state index is 0.789. The number of methoxy groups -OCH3 is 1. The van der Waals surface area contributed by atoms with E-state index in [0.29, 0.717) is 0 Å². The highest BCUT2D eigenvalue weighted by Gasteiger charge is 2.26. The summed E-state index contributed by atoms with van der Waals surface area (Å²) in [5, 5.41) is 0. The second kappa shape index (κ2) is 11.5. The Labute approximate surface area is 143 Å². The fourth-order valence-corrected chi connectivity index (χ4v) is 3.05. The summed E-state index contributed by atoms with van der Waals surface area (Å²) < 4.78 is 12.1. The molecule has 1 aromatic carbocycles. The highest BCUT2D eigenvalue weighted by atomic mass is 16.5. The summed E-state index contributed by atoms with van der Waals surface area (Å²) >= 11 is 0. The van der Waals surface area contributed by atoms with Crippen molar-refractivity contribution in [3.63, 3.8) is 0 Å². The number of ether oxygens (including phenoxy) is 2. The van der Waals surface area contributed by atoms with Crippen LogP contribution < -0.4 is 9.22 Å². The zero-order chi connectivity index (χ0) is 17.0. The molecule has 3 nitrogen and oxygen atoms in total. The van der Waals surface area contributed by atoms with E-state index in [0.717, 1.165) is 49.5 Å². The van der Waals surface area contributed by atoms with Gasteiger partial charge in [-0.2, -0.15) is 0 Å². The van der Waals surface area contributed by atoms with Crippen LogP contribution in [0.4, 0.5) is 5.69 Å². The lowest BCUT2D eigenvalue weighted by Gasteiger charge is -2.36. The topological polar surface area (TPSA) is 18.5 Å². The molecule has 0 heterocycles. The summed E-state index contributed by atoms with van der Waals surface area (Å²) in [4.78, 5) is 0. The molecule has 0 N–H and O–H groups in total. The lowest BCUT2D eigenvalue weighted by atomic mass is 10.2. The predicted octanol–water partition coefficient (Wildman–Crippen LogP) is 5.03. The van der Waals surface area contributed by atoms with Crippen LogP contribution in [0, 0.1) is 0 Å². The number of quaternary nitrogens is 1. The molecule has 0 spiro atoms. The van der Waals surface area contributed by atoms with Crippen molar-refractivity contribution in [2.75, 3.05) is 40.0 Å². The van der Waals surface area contributed by atoms with E-state index in [2.05, 4.69) is 45.0 Å². The van der Waals surface area contributed by atoms with Crippen molar-refractivity contribution >= 4 is 5.69 Å². The molecule has 0 aliphatic heterocycles. The minimum Gasteiger partial charge on any atom is -0.494 e. The summed E-state index contributed by atoms with van der Waals surface area (Å²) in [6.07, 6.45) is 6.38. The van der Waals surface area contributed by atoms with Crippen LogP contribution in [0.15, 0.2) is 24.3 Å². The van der Waals surface area contributed by atoms with Crippen molar-refractivity contribution in [1.29, 1.82) is 0 Å². The summed E-state index contributed by atoms with van der Waals surface area (Å²) in [6, 6.07) is 8.67. The summed E-state index contributed by atoms with van der Waals surface area (Å²) in [6.45, 7) is 11.5. The Hall–Kier alpha value is -1.06. The molecule has 0 fully saturated rings. The molecule has 1 aromatic rings. The van der Waals surface area contributed by atoms with Crippen molar-refractivity contribution in [3.8, 4) is 5.75 Å². The molecule has 0 aliphatic carbocycles. The molecule has 3 heteroatoms. The lowest BCUT2D eigenvalue weighted by Crippen LogP contribution is -2.51. The summed E-state index contributed by atoms with van der Waals surface area (Å²) in [7, 11) is 1.78.